The lowest BCUT2D eigenvalue weighted by atomic mass is 9.96. The largest absolute Gasteiger partial charge is 0.454 e. The summed E-state index contributed by atoms with van der Waals surface area (Å²) in [5.74, 6) is 2.04. The molecule has 3 aliphatic rings. The Balaban J connectivity index is 1.36. The first-order chi connectivity index (χ1) is 11.3. The van der Waals surface area contributed by atoms with Gasteiger partial charge in [-0.05, 0) is 37.0 Å². The Morgan fingerprint density at radius 2 is 1.91 bits per heavy atom. The molecule has 4 rings (SSSR count). The zero-order valence-electron chi connectivity index (χ0n) is 13.4. The van der Waals surface area contributed by atoms with Crippen LogP contribution in [-0.2, 0) is 0 Å². The second-order valence-electron chi connectivity index (χ2n) is 6.83. The maximum Gasteiger partial charge on any atom is 0.317 e. The van der Waals surface area contributed by atoms with Crippen LogP contribution >= 0.6 is 0 Å². The Kier molecular flexibility index (Phi) is 4.02. The Morgan fingerprint density at radius 3 is 2.78 bits per heavy atom. The molecule has 1 aliphatic carbocycles. The van der Waals surface area contributed by atoms with E-state index in [0.717, 1.165) is 43.9 Å². The molecule has 124 valence electrons. The van der Waals surface area contributed by atoms with Gasteiger partial charge in [-0.1, -0.05) is 25.3 Å². The number of nitrogens with zero attached hydrogens (tertiary/aromatic N) is 1. The van der Waals surface area contributed by atoms with Gasteiger partial charge in [-0.25, -0.2) is 4.79 Å². The van der Waals surface area contributed by atoms with Crippen LogP contribution in [0.5, 0.6) is 11.5 Å². The van der Waals surface area contributed by atoms with Crippen molar-refractivity contribution in [1.29, 1.82) is 0 Å². The van der Waals surface area contributed by atoms with Gasteiger partial charge in [0.25, 0.3) is 0 Å². The first-order valence-electron chi connectivity index (χ1n) is 8.74. The van der Waals surface area contributed by atoms with Crippen LogP contribution in [-0.4, -0.2) is 36.9 Å². The van der Waals surface area contributed by atoms with Crippen LogP contribution in [0.1, 0.15) is 50.0 Å². The van der Waals surface area contributed by atoms with Gasteiger partial charge < -0.3 is 19.7 Å². The van der Waals surface area contributed by atoms with E-state index in [2.05, 4.69) is 17.4 Å². The molecule has 1 saturated heterocycles. The topological polar surface area (TPSA) is 50.8 Å². The molecule has 5 nitrogen and oxygen atoms in total. The van der Waals surface area contributed by atoms with Crippen molar-refractivity contribution in [2.75, 3.05) is 19.9 Å². The number of benzene rings is 1. The number of fused-ring (bicyclic) bond motifs is 1. The molecule has 0 bridgehead atoms. The van der Waals surface area contributed by atoms with Crippen molar-refractivity contribution in [2.45, 2.75) is 50.5 Å². The number of urea groups is 1. The zero-order valence-corrected chi connectivity index (χ0v) is 13.4. The van der Waals surface area contributed by atoms with Crippen molar-refractivity contribution in [3.63, 3.8) is 0 Å². The van der Waals surface area contributed by atoms with Crippen LogP contribution in [0.2, 0.25) is 0 Å². The Morgan fingerprint density at radius 1 is 1.09 bits per heavy atom. The zero-order chi connectivity index (χ0) is 15.6. The van der Waals surface area contributed by atoms with E-state index in [0.29, 0.717) is 18.8 Å². The van der Waals surface area contributed by atoms with Crippen molar-refractivity contribution in [2.24, 2.45) is 0 Å². The van der Waals surface area contributed by atoms with Crippen LogP contribution in [0.25, 0.3) is 0 Å². The summed E-state index contributed by atoms with van der Waals surface area (Å²) in [6.07, 6.45) is 7.06. The fraction of sp³-hybridized carbons (Fsp3) is 0.611. The van der Waals surface area contributed by atoms with Crippen LogP contribution in [0, 0.1) is 0 Å². The number of hydrogen-bond donors (Lipinski definition) is 1. The predicted octanol–water partition coefficient (Wildman–Crippen LogP) is 3.25. The van der Waals surface area contributed by atoms with Gasteiger partial charge in [0.05, 0.1) is 0 Å². The number of likely N-dealkylation sites (tertiary alicyclic amines) is 1. The predicted molar refractivity (Wildman–Crippen MR) is 86.9 cm³/mol. The molecular formula is C18H24N2O3. The molecule has 2 amide bonds. The monoisotopic (exact) mass is 316 g/mol. The minimum atomic E-state index is 0.111. The number of nitrogens with one attached hydrogen (secondary N) is 1. The Hall–Kier alpha value is -1.91. The molecule has 0 spiro atoms. The summed E-state index contributed by atoms with van der Waals surface area (Å²) < 4.78 is 10.8. The first kappa shape index (κ1) is 14.7. The molecule has 2 heterocycles. The standard InChI is InChI=1S/C18H24N2O3/c21-18(19-15-4-2-1-3-5-15)20-9-8-14(11-20)13-6-7-16-17(10-13)23-12-22-16/h6-7,10,14-15H,1-5,8-9,11-12H2,(H,19,21). The van der Waals surface area contributed by atoms with Gasteiger partial charge >= 0.3 is 6.03 Å². The number of ether oxygens (including phenoxy) is 2. The van der Waals surface area contributed by atoms with Gasteiger partial charge in [-0.3, -0.25) is 0 Å². The first-order valence-corrected chi connectivity index (χ1v) is 8.74. The van der Waals surface area contributed by atoms with Crippen LogP contribution in [0.15, 0.2) is 18.2 Å². The smallest absolute Gasteiger partial charge is 0.317 e. The fourth-order valence-electron chi connectivity index (χ4n) is 3.90. The Labute approximate surface area is 136 Å². The number of rotatable bonds is 2. The lowest BCUT2D eigenvalue weighted by Gasteiger charge is -2.26. The van der Waals surface area contributed by atoms with E-state index in [4.69, 9.17) is 9.47 Å². The molecule has 1 aromatic rings. The molecule has 1 aromatic carbocycles. The van der Waals surface area contributed by atoms with Crippen molar-refractivity contribution in [1.82, 2.24) is 10.2 Å². The molecule has 5 heteroatoms. The summed E-state index contributed by atoms with van der Waals surface area (Å²) >= 11 is 0. The molecule has 1 saturated carbocycles. The quantitative estimate of drug-likeness (QED) is 0.911. The summed E-state index contributed by atoms with van der Waals surface area (Å²) in [5, 5.41) is 3.22. The van der Waals surface area contributed by atoms with Gasteiger partial charge in [-0.15, -0.1) is 0 Å². The van der Waals surface area contributed by atoms with E-state index in [1.165, 1.54) is 24.8 Å². The number of carbonyl (C=O) groups is 1. The molecule has 0 radical (unpaired) electrons. The number of hydrogen-bond acceptors (Lipinski definition) is 3. The average molecular weight is 316 g/mol. The third-order valence-corrected chi connectivity index (χ3v) is 5.28. The number of carbonyl (C=O) groups excluding carboxylic acids is 1. The summed E-state index contributed by atoms with van der Waals surface area (Å²) in [6, 6.07) is 6.62. The highest BCUT2D eigenvalue weighted by Crippen LogP contribution is 2.37. The minimum absolute atomic E-state index is 0.111. The Bertz CT molecular complexity index is 584. The lowest BCUT2D eigenvalue weighted by Crippen LogP contribution is -2.44. The molecule has 0 aromatic heterocycles. The average Bonchev–Trinajstić information content (AvgIpc) is 3.24. The highest BCUT2D eigenvalue weighted by molar-refractivity contribution is 5.75. The summed E-state index contributed by atoms with van der Waals surface area (Å²) in [4.78, 5) is 14.4. The van der Waals surface area contributed by atoms with Gasteiger partial charge in [0.1, 0.15) is 0 Å². The fourth-order valence-corrected chi connectivity index (χ4v) is 3.90. The van der Waals surface area contributed by atoms with Gasteiger partial charge in [0.15, 0.2) is 11.5 Å². The maximum atomic E-state index is 12.4. The minimum Gasteiger partial charge on any atom is -0.454 e. The molecule has 1 atom stereocenters. The molecule has 1 N–H and O–H groups in total. The summed E-state index contributed by atoms with van der Waals surface area (Å²) in [6.45, 7) is 1.93. The molecule has 1 unspecified atom stereocenters. The number of amides is 2. The van der Waals surface area contributed by atoms with Crippen molar-refractivity contribution in [3.05, 3.63) is 23.8 Å². The van der Waals surface area contributed by atoms with Crippen molar-refractivity contribution >= 4 is 6.03 Å². The van der Waals surface area contributed by atoms with E-state index in [1.807, 2.05) is 11.0 Å². The maximum absolute atomic E-state index is 12.4. The normalized spacial score (nSPS) is 24.0. The second-order valence-corrected chi connectivity index (χ2v) is 6.83. The highest BCUT2D eigenvalue weighted by Gasteiger charge is 2.29. The SMILES string of the molecule is O=C(NC1CCCCC1)N1CCC(c2ccc3c(c2)OCO3)C1. The molecule has 2 fully saturated rings. The van der Waals surface area contributed by atoms with E-state index in [-0.39, 0.29) is 6.03 Å². The second kappa shape index (κ2) is 6.30. The third kappa shape index (κ3) is 3.09. The summed E-state index contributed by atoms with van der Waals surface area (Å²) in [5.41, 5.74) is 1.24. The van der Waals surface area contributed by atoms with Gasteiger partial charge in [0.2, 0.25) is 6.79 Å². The molecular weight excluding hydrogens is 292 g/mol. The lowest BCUT2D eigenvalue weighted by molar-refractivity contribution is 0.174. The van der Waals surface area contributed by atoms with Crippen molar-refractivity contribution in [3.8, 4) is 11.5 Å². The molecule has 2 aliphatic heterocycles. The van der Waals surface area contributed by atoms with Crippen LogP contribution in [0.3, 0.4) is 0 Å². The van der Waals surface area contributed by atoms with Crippen LogP contribution < -0.4 is 14.8 Å². The van der Waals surface area contributed by atoms with Gasteiger partial charge in [0, 0.05) is 25.0 Å². The highest BCUT2D eigenvalue weighted by atomic mass is 16.7. The van der Waals surface area contributed by atoms with Crippen molar-refractivity contribution < 1.29 is 14.3 Å². The third-order valence-electron chi connectivity index (χ3n) is 5.28. The van der Waals surface area contributed by atoms with E-state index in [1.54, 1.807) is 0 Å². The van der Waals surface area contributed by atoms with Crippen LogP contribution in [0.4, 0.5) is 4.79 Å². The van der Waals surface area contributed by atoms with E-state index >= 15 is 0 Å². The van der Waals surface area contributed by atoms with E-state index in [9.17, 15) is 4.79 Å². The molecule has 23 heavy (non-hydrogen) atoms. The van der Waals surface area contributed by atoms with Gasteiger partial charge in [-0.2, -0.15) is 0 Å². The summed E-state index contributed by atoms with van der Waals surface area (Å²) in [7, 11) is 0. The van der Waals surface area contributed by atoms with E-state index < -0.39 is 0 Å².